The van der Waals surface area contributed by atoms with Crippen molar-refractivity contribution < 1.29 is 9.53 Å². The van der Waals surface area contributed by atoms with Gasteiger partial charge in [-0.2, -0.15) is 4.99 Å². The van der Waals surface area contributed by atoms with Crippen LogP contribution >= 0.6 is 0 Å². The maximum Gasteiger partial charge on any atom is 0.240 e. The number of carbonyl (C=O) groups excluding carboxylic acids is 1. The summed E-state index contributed by atoms with van der Waals surface area (Å²) >= 11 is 0. The van der Waals surface area contributed by atoms with Gasteiger partial charge in [0, 0.05) is 6.07 Å². The van der Waals surface area contributed by atoms with Gasteiger partial charge in [0.1, 0.15) is 5.75 Å². The van der Waals surface area contributed by atoms with E-state index in [1.54, 1.807) is 18.2 Å². The number of ether oxygens (including phenoxy) is 1. The van der Waals surface area contributed by atoms with Gasteiger partial charge in [-0.05, 0) is 18.6 Å². The number of rotatable bonds is 19. The van der Waals surface area contributed by atoms with Gasteiger partial charge < -0.3 is 4.74 Å². The number of isocyanates is 1. The van der Waals surface area contributed by atoms with Gasteiger partial charge in [-0.1, -0.05) is 109 Å². The third-order valence-electron chi connectivity index (χ3n) is 5.26. The van der Waals surface area contributed by atoms with Gasteiger partial charge in [0.2, 0.25) is 6.08 Å². The highest BCUT2D eigenvalue weighted by Gasteiger charge is 1.97. The Bertz CT molecular complexity index is 523. The van der Waals surface area contributed by atoms with Crippen molar-refractivity contribution in [3.8, 4) is 5.75 Å². The van der Waals surface area contributed by atoms with Crippen molar-refractivity contribution in [2.24, 2.45) is 4.99 Å². The van der Waals surface area contributed by atoms with Crippen molar-refractivity contribution in [2.75, 3.05) is 6.61 Å². The lowest BCUT2D eigenvalue weighted by atomic mass is 10.0. The molecule has 0 radical (unpaired) electrons. The van der Waals surface area contributed by atoms with Crippen LogP contribution in [0.15, 0.2) is 29.3 Å². The number of aliphatic imine (C=N–C) groups is 1. The van der Waals surface area contributed by atoms with Crippen LogP contribution in [0.5, 0.6) is 5.75 Å². The zero-order chi connectivity index (χ0) is 20.1. The van der Waals surface area contributed by atoms with E-state index in [2.05, 4.69) is 11.9 Å². The van der Waals surface area contributed by atoms with Crippen LogP contribution in [0.1, 0.15) is 110 Å². The van der Waals surface area contributed by atoms with Crippen LogP contribution in [0, 0.1) is 0 Å². The number of unbranched alkanes of at least 4 members (excludes halogenated alkanes) is 15. The van der Waals surface area contributed by atoms with Gasteiger partial charge in [-0.15, -0.1) is 0 Å². The number of benzene rings is 1. The number of hydrogen-bond donors (Lipinski definition) is 0. The average Bonchev–Trinajstić information content (AvgIpc) is 2.71. The van der Waals surface area contributed by atoms with Crippen molar-refractivity contribution in [3.05, 3.63) is 24.3 Å². The molecule has 0 atom stereocenters. The molecular formula is C25H41NO2. The second-order valence-corrected chi connectivity index (χ2v) is 7.85. The number of hydrogen-bond acceptors (Lipinski definition) is 3. The predicted octanol–water partition coefficient (Wildman–Crippen LogP) is 8.29. The third kappa shape index (κ3) is 14.5. The van der Waals surface area contributed by atoms with Gasteiger partial charge in [0.25, 0.3) is 0 Å². The van der Waals surface area contributed by atoms with Gasteiger partial charge >= 0.3 is 0 Å². The Balaban J connectivity index is 1.81. The van der Waals surface area contributed by atoms with E-state index in [0.29, 0.717) is 5.69 Å². The van der Waals surface area contributed by atoms with E-state index in [1.165, 1.54) is 96.3 Å². The molecule has 0 amide bonds. The predicted molar refractivity (Wildman–Crippen MR) is 119 cm³/mol. The highest BCUT2D eigenvalue weighted by atomic mass is 16.5. The smallest absolute Gasteiger partial charge is 0.240 e. The lowest BCUT2D eigenvalue weighted by Crippen LogP contribution is -1.97. The minimum atomic E-state index is 0.597. The molecule has 28 heavy (non-hydrogen) atoms. The van der Waals surface area contributed by atoms with Gasteiger partial charge in [-0.25, -0.2) is 4.79 Å². The van der Waals surface area contributed by atoms with Crippen molar-refractivity contribution in [1.82, 2.24) is 0 Å². The molecule has 0 fully saturated rings. The minimum Gasteiger partial charge on any atom is -0.494 e. The van der Waals surface area contributed by atoms with E-state index < -0.39 is 0 Å². The molecule has 0 saturated heterocycles. The first-order valence-corrected chi connectivity index (χ1v) is 11.7. The minimum absolute atomic E-state index is 0.597. The summed E-state index contributed by atoms with van der Waals surface area (Å²) in [5, 5.41) is 0. The summed E-state index contributed by atoms with van der Waals surface area (Å²) in [5.74, 6) is 0.775. The second-order valence-electron chi connectivity index (χ2n) is 7.85. The quantitative estimate of drug-likeness (QED) is 0.136. The molecule has 0 saturated carbocycles. The normalized spacial score (nSPS) is 10.6. The lowest BCUT2D eigenvalue weighted by molar-refractivity contribution is 0.304. The van der Waals surface area contributed by atoms with Crippen LogP contribution < -0.4 is 4.74 Å². The van der Waals surface area contributed by atoms with Crippen molar-refractivity contribution in [1.29, 1.82) is 0 Å². The molecule has 0 aliphatic heterocycles. The zero-order valence-electron chi connectivity index (χ0n) is 18.1. The van der Waals surface area contributed by atoms with E-state index in [1.807, 2.05) is 12.1 Å². The summed E-state index contributed by atoms with van der Waals surface area (Å²) in [4.78, 5) is 13.9. The van der Waals surface area contributed by atoms with Crippen LogP contribution in [0.3, 0.4) is 0 Å². The highest BCUT2D eigenvalue weighted by molar-refractivity contribution is 5.51. The van der Waals surface area contributed by atoms with Gasteiger partial charge in [0.05, 0.1) is 12.3 Å². The Morgan fingerprint density at radius 3 is 1.75 bits per heavy atom. The summed E-state index contributed by atoms with van der Waals surface area (Å²) in [7, 11) is 0. The largest absolute Gasteiger partial charge is 0.494 e. The summed E-state index contributed by atoms with van der Waals surface area (Å²) in [5.41, 5.74) is 0.597. The fourth-order valence-corrected chi connectivity index (χ4v) is 3.54. The molecule has 3 heteroatoms. The van der Waals surface area contributed by atoms with Crippen LogP contribution in [-0.4, -0.2) is 12.7 Å². The molecule has 0 aromatic heterocycles. The number of nitrogens with zero attached hydrogens (tertiary/aromatic N) is 1. The van der Waals surface area contributed by atoms with Crippen LogP contribution in [0.4, 0.5) is 5.69 Å². The molecule has 0 aliphatic rings. The molecule has 1 aromatic rings. The lowest BCUT2D eigenvalue weighted by Gasteiger charge is -2.06. The molecule has 0 unspecified atom stereocenters. The summed E-state index contributed by atoms with van der Waals surface area (Å²) in [6.45, 7) is 3.01. The fourth-order valence-electron chi connectivity index (χ4n) is 3.54. The third-order valence-corrected chi connectivity index (χ3v) is 5.26. The van der Waals surface area contributed by atoms with Crippen LogP contribution in [0.2, 0.25) is 0 Å². The van der Waals surface area contributed by atoms with Gasteiger partial charge in [0.15, 0.2) is 0 Å². The molecular weight excluding hydrogens is 346 g/mol. The van der Waals surface area contributed by atoms with Crippen molar-refractivity contribution in [2.45, 2.75) is 110 Å². The Morgan fingerprint density at radius 2 is 1.25 bits per heavy atom. The molecule has 0 aliphatic carbocycles. The maximum absolute atomic E-state index is 10.3. The summed E-state index contributed by atoms with van der Waals surface area (Å²) < 4.78 is 5.72. The van der Waals surface area contributed by atoms with E-state index in [-0.39, 0.29) is 0 Å². The average molecular weight is 388 g/mol. The molecule has 1 rings (SSSR count). The SMILES string of the molecule is CCCCCCCCCCCCCCCCCCOc1cccc(N=C=O)c1. The topological polar surface area (TPSA) is 38.7 Å². The van der Waals surface area contributed by atoms with Crippen molar-refractivity contribution >= 4 is 11.8 Å². The molecule has 3 nitrogen and oxygen atoms in total. The molecule has 0 N–H and O–H groups in total. The zero-order valence-corrected chi connectivity index (χ0v) is 18.1. The summed E-state index contributed by atoms with van der Waals surface area (Å²) in [6, 6.07) is 7.29. The maximum atomic E-state index is 10.3. The molecule has 0 heterocycles. The monoisotopic (exact) mass is 387 g/mol. The fraction of sp³-hybridized carbons (Fsp3) is 0.720. The van der Waals surface area contributed by atoms with E-state index in [0.717, 1.165) is 18.8 Å². The molecule has 1 aromatic carbocycles. The Kier molecular flexibility index (Phi) is 16.4. The Labute approximate surface area is 173 Å². The highest BCUT2D eigenvalue weighted by Crippen LogP contribution is 2.20. The molecule has 0 bridgehead atoms. The van der Waals surface area contributed by atoms with E-state index >= 15 is 0 Å². The first-order valence-electron chi connectivity index (χ1n) is 11.7. The molecule has 0 spiro atoms. The van der Waals surface area contributed by atoms with Crippen molar-refractivity contribution in [3.63, 3.8) is 0 Å². The van der Waals surface area contributed by atoms with Crippen LogP contribution in [-0.2, 0) is 4.79 Å². The van der Waals surface area contributed by atoms with Gasteiger partial charge in [-0.3, -0.25) is 0 Å². The first kappa shape index (κ1) is 24.4. The summed E-state index contributed by atoms with van der Waals surface area (Å²) in [6.07, 6.45) is 23.5. The second kappa shape index (κ2) is 18.7. The Hall–Kier alpha value is -1.60. The van der Waals surface area contributed by atoms with Crippen LogP contribution in [0.25, 0.3) is 0 Å². The van der Waals surface area contributed by atoms with E-state index in [4.69, 9.17) is 4.74 Å². The molecule has 158 valence electrons. The van der Waals surface area contributed by atoms with E-state index in [9.17, 15) is 4.79 Å². The Morgan fingerprint density at radius 1 is 0.750 bits per heavy atom. The first-order chi connectivity index (χ1) is 13.9. The standard InChI is InChI=1S/C25H41NO2/c1-2-3-4-5-6-7-8-9-10-11-12-13-14-15-16-17-21-28-25-20-18-19-24(22-25)26-23-27/h18-20,22H,2-17,21H2,1H3.